The van der Waals surface area contributed by atoms with Gasteiger partial charge in [0.2, 0.25) is 0 Å². The number of benzene rings is 1. The van der Waals surface area contributed by atoms with E-state index < -0.39 is 11.8 Å². The lowest BCUT2D eigenvalue weighted by molar-refractivity contribution is 0.0500. The second-order valence-corrected chi connectivity index (χ2v) is 3.12. The number of rotatable bonds is 3. The lowest BCUT2D eigenvalue weighted by Gasteiger charge is -2.04. The first-order chi connectivity index (χ1) is 6.65. The van der Waals surface area contributed by atoms with Crippen LogP contribution in [0.25, 0.3) is 0 Å². The fraction of sp³-hybridized carbons (Fsp3) is 0.364. The minimum atomic E-state index is -0.593. The van der Waals surface area contributed by atoms with E-state index in [0.29, 0.717) is 6.61 Å². The van der Waals surface area contributed by atoms with E-state index in [9.17, 15) is 9.18 Å². The quantitative estimate of drug-likeness (QED) is 0.695. The van der Waals surface area contributed by atoms with Crippen molar-refractivity contribution < 1.29 is 13.9 Å². The fourth-order valence-electron chi connectivity index (χ4n) is 1.06. The number of halogens is 1. The van der Waals surface area contributed by atoms with Crippen LogP contribution >= 0.6 is 0 Å². The molecule has 1 aromatic rings. The van der Waals surface area contributed by atoms with E-state index in [-0.39, 0.29) is 5.56 Å². The molecule has 14 heavy (non-hydrogen) atoms. The molecular formula is C11H13FO2. The third-order valence-corrected chi connectivity index (χ3v) is 1.78. The summed E-state index contributed by atoms with van der Waals surface area (Å²) in [7, 11) is 0. The van der Waals surface area contributed by atoms with Crippen molar-refractivity contribution in [2.24, 2.45) is 0 Å². The second-order valence-electron chi connectivity index (χ2n) is 3.12. The molecule has 0 radical (unpaired) electrons. The number of ether oxygens (including phenoxy) is 1. The molecule has 0 aromatic heterocycles. The van der Waals surface area contributed by atoms with Gasteiger partial charge >= 0.3 is 5.97 Å². The van der Waals surface area contributed by atoms with Crippen LogP contribution in [0.5, 0.6) is 0 Å². The van der Waals surface area contributed by atoms with Crippen LogP contribution in [0.1, 0.15) is 29.3 Å². The highest BCUT2D eigenvalue weighted by atomic mass is 19.1. The highest BCUT2D eigenvalue weighted by Crippen LogP contribution is 2.11. The van der Waals surface area contributed by atoms with E-state index in [2.05, 4.69) is 0 Å². The lowest BCUT2D eigenvalue weighted by atomic mass is 10.1. The lowest BCUT2D eigenvalue weighted by Crippen LogP contribution is -2.08. The van der Waals surface area contributed by atoms with Crippen LogP contribution in [0.2, 0.25) is 0 Å². The van der Waals surface area contributed by atoms with E-state index in [4.69, 9.17) is 4.74 Å². The van der Waals surface area contributed by atoms with Crippen molar-refractivity contribution in [3.63, 3.8) is 0 Å². The van der Waals surface area contributed by atoms with Crippen LogP contribution in [-0.2, 0) is 4.74 Å². The van der Waals surface area contributed by atoms with Gasteiger partial charge in [-0.1, -0.05) is 13.0 Å². The molecule has 0 N–H and O–H groups in total. The summed E-state index contributed by atoms with van der Waals surface area (Å²) in [6.45, 7) is 3.98. The van der Waals surface area contributed by atoms with Gasteiger partial charge in [-0.3, -0.25) is 0 Å². The largest absolute Gasteiger partial charge is 0.462 e. The Balaban J connectivity index is 2.80. The maximum absolute atomic E-state index is 13.2. The van der Waals surface area contributed by atoms with Gasteiger partial charge in [0.15, 0.2) is 0 Å². The molecule has 0 spiro atoms. The SMILES string of the molecule is CCCOC(=O)c1ccc(C)cc1F. The Morgan fingerprint density at radius 3 is 2.79 bits per heavy atom. The summed E-state index contributed by atoms with van der Waals surface area (Å²) in [5, 5.41) is 0. The minimum absolute atomic E-state index is 0.00375. The molecule has 2 nitrogen and oxygen atoms in total. The van der Waals surface area contributed by atoms with Crippen molar-refractivity contribution in [1.82, 2.24) is 0 Å². The molecule has 0 saturated heterocycles. The van der Waals surface area contributed by atoms with Crippen LogP contribution in [-0.4, -0.2) is 12.6 Å². The summed E-state index contributed by atoms with van der Waals surface area (Å²) >= 11 is 0. The molecule has 0 saturated carbocycles. The molecular weight excluding hydrogens is 183 g/mol. The number of esters is 1. The first kappa shape index (κ1) is 10.7. The smallest absolute Gasteiger partial charge is 0.341 e. The Labute approximate surface area is 82.7 Å². The van der Waals surface area contributed by atoms with Gasteiger partial charge in [0.1, 0.15) is 5.82 Å². The maximum atomic E-state index is 13.2. The van der Waals surface area contributed by atoms with Crippen LogP contribution in [0.4, 0.5) is 4.39 Å². The van der Waals surface area contributed by atoms with Crippen molar-refractivity contribution in [2.75, 3.05) is 6.61 Å². The van der Waals surface area contributed by atoms with Crippen LogP contribution in [0.3, 0.4) is 0 Å². The van der Waals surface area contributed by atoms with E-state index in [1.165, 1.54) is 12.1 Å². The first-order valence-corrected chi connectivity index (χ1v) is 4.58. The standard InChI is InChI=1S/C11H13FO2/c1-3-6-14-11(13)9-5-4-8(2)7-10(9)12/h4-5,7H,3,6H2,1-2H3. The van der Waals surface area contributed by atoms with Gasteiger partial charge < -0.3 is 4.74 Å². The second kappa shape index (κ2) is 4.74. The monoisotopic (exact) mass is 196 g/mol. The average molecular weight is 196 g/mol. The summed E-state index contributed by atoms with van der Waals surface area (Å²) < 4.78 is 18.0. The molecule has 0 fully saturated rings. The molecule has 0 aliphatic carbocycles. The Kier molecular flexibility index (Phi) is 3.63. The molecule has 76 valence electrons. The number of carbonyl (C=O) groups excluding carboxylic acids is 1. The summed E-state index contributed by atoms with van der Waals surface area (Å²) in [5.74, 6) is -1.12. The Hall–Kier alpha value is -1.38. The Morgan fingerprint density at radius 1 is 1.50 bits per heavy atom. The third-order valence-electron chi connectivity index (χ3n) is 1.78. The summed E-state index contributed by atoms with van der Waals surface area (Å²) in [6.07, 6.45) is 0.735. The molecule has 0 amide bonds. The van der Waals surface area contributed by atoms with Crippen molar-refractivity contribution in [2.45, 2.75) is 20.3 Å². The molecule has 1 rings (SSSR count). The summed E-state index contributed by atoms with van der Waals surface area (Å²) in [5.41, 5.74) is 0.790. The van der Waals surface area contributed by atoms with Gasteiger partial charge in [-0.15, -0.1) is 0 Å². The van der Waals surface area contributed by atoms with Gasteiger partial charge in [0.25, 0.3) is 0 Å². The topological polar surface area (TPSA) is 26.3 Å². The highest BCUT2D eigenvalue weighted by molar-refractivity contribution is 5.89. The Morgan fingerprint density at radius 2 is 2.21 bits per heavy atom. The summed E-state index contributed by atoms with van der Waals surface area (Å²) in [4.78, 5) is 11.3. The van der Waals surface area contributed by atoms with Crippen LogP contribution in [0, 0.1) is 12.7 Å². The van der Waals surface area contributed by atoms with Crippen LogP contribution in [0.15, 0.2) is 18.2 Å². The zero-order valence-electron chi connectivity index (χ0n) is 8.34. The van der Waals surface area contributed by atoms with Crippen molar-refractivity contribution >= 4 is 5.97 Å². The van der Waals surface area contributed by atoms with Gasteiger partial charge in [-0.25, -0.2) is 9.18 Å². The molecule has 0 bridgehead atoms. The highest BCUT2D eigenvalue weighted by Gasteiger charge is 2.12. The maximum Gasteiger partial charge on any atom is 0.341 e. The van der Waals surface area contributed by atoms with Gasteiger partial charge in [0, 0.05) is 0 Å². The molecule has 0 atom stereocenters. The molecule has 0 aliphatic rings. The summed E-state index contributed by atoms with van der Waals surface area (Å²) in [6, 6.07) is 4.46. The predicted octanol–water partition coefficient (Wildman–Crippen LogP) is 2.70. The van der Waals surface area contributed by atoms with Gasteiger partial charge in [-0.2, -0.15) is 0 Å². The van der Waals surface area contributed by atoms with Gasteiger partial charge in [0.05, 0.1) is 12.2 Å². The van der Waals surface area contributed by atoms with E-state index in [1.54, 1.807) is 13.0 Å². The number of hydrogen-bond donors (Lipinski definition) is 0. The molecule has 3 heteroatoms. The Bertz CT molecular complexity index is 334. The molecule has 0 heterocycles. The number of hydrogen-bond acceptors (Lipinski definition) is 2. The van der Waals surface area contributed by atoms with Gasteiger partial charge in [-0.05, 0) is 31.0 Å². The molecule has 0 aliphatic heterocycles. The number of aryl methyl sites for hydroxylation is 1. The molecule has 0 unspecified atom stereocenters. The number of carbonyl (C=O) groups is 1. The van der Waals surface area contributed by atoms with Crippen molar-refractivity contribution in [3.8, 4) is 0 Å². The van der Waals surface area contributed by atoms with Crippen molar-refractivity contribution in [3.05, 3.63) is 35.1 Å². The molecule has 1 aromatic carbocycles. The minimum Gasteiger partial charge on any atom is -0.462 e. The predicted molar refractivity (Wildman–Crippen MR) is 51.7 cm³/mol. The zero-order valence-corrected chi connectivity index (χ0v) is 8.34. The normalized spacial score (nSPS) is 9.93. The van der Waals surface area contributed by atoms with E-state index in [0.717, 1.165) is 12.0 Å². The third kappa shape index (κ3) is 2.55. The first-order valence-electron chi connectivity index (χ1n) is 4.58. The van der Waals surface area contributed by atoms with Crippen LogP contribution < -0.4 is 0 Å². The fourth-order valence-corrected chi connectivity index (χ4v) is 1.06. The van der Waals surface area contributed by atoms with E-state index in [1.807, 2.05) is 6.92 Å². The van der Waals surface area contributed by atoms with Crippen molar-refractivity contribution in [1.29, 1.82) is 0 Å². The van der Waals surface area contributed by atoms with E-state index >= 15 is 0 Å². The zero-order chi connectivity index (χ0) is 10.6. The average Bonchev–Trinajstić information content (AvgIpc) is 2.14.